The van der Waals surface area contributed by atoms with E-state index >= 15 is 0 Å². The van der Waals surface area contributed by atoms with Crippen molar-refractivity contribution in [1.82, 2.24) is 15.1 Å². The molecule has 90 valence electrons. The largest absolute Gasteiger partial charge is 0.313 e. The van der Waals surface area contributed by atoms with E-state index in [1.165, 1.54) is 11.1 Å². The molecule has 1 aromatic heterocycles. The molecule has 0 aliphatic carbocycles. The molecule has 1 heterocycles. The Balaban J connectivity index is 1.65. The molecule has 0 unspecified atom stereocenters. The number of rotatable bonds is 6. The van der Waals surface area contributed by atoms with Crippen molar-refractivity contribution in [2.45, 2.75) is 26.4 Å². The van der Waals surface area contributed by atoms with Crippen LogP contribution in [0.2, 0.25) is 0 Å². The van der Waals surface area contributed by atoms with Crippen LogP contribution in [0, 0.1) is 6.92 Å². The minimum absolute atomic E-state index is 0.950. The SMILES string of the molecule is Cc1ccccc1CNCCCn1cccn1. The van der Waals surface area contributed by atoms with Gasteiger partial charge in [-0.05, 0) is 37.1 Å². The summed E-state index contributed by atoms with van der Waals surface area (Å²) in [5, 5.41) is 7.64. The monoisotopic (exact) mass is 229 g/mol. The topological polar surface area (TPSA) is 29.9 Å². The van der Waals surface area contributed by atoms with Gasteiger partial charge in [0, 0.05) is 25.5 Å². The normalized spacial score (nSPS) is 10.6. The Morgan fingerprint density at radius 3 is 2.88 bits per heavy atom. The maximum atomic E-state index is 4.18. The summed E-state index contributed by atoms with van der Waals surface area (Å²) < 4.78 is 1.97. The summed E-state index contributed by atoms with van der Waals surface area (Å²) in [4.78, 5) is 0. The first-order valence-corrected chi connectivity index (χ1v) is 6.09. The Morgan fingerprint density at radius 2 is 2.12 bits per heavy atom. The van der Waals surface area contributed by atoms with Crippen molar-refractivity contribution in [2.24, 2.45) is 0 Å². The van der Waals surface area contributed by atoms with E-state index in [1.54, 1.807) is 0 Å². The van der Waals surface area contributed by atoms with Crippen molar-refractivity contribution >= 4 is 0 Å². The molecule has 0 aliphatic rings. The third-order valence-corrected chi connectivity index (χ3v) is 2.88. The molecule has 0 spiro atoms. The van der Waals surface area contributed by atoms with Gasteiger partial charge in [0.2, 0.25) is 0 Å². The molecule has 17 heavy (non-hydrogen) atoms. The molecular formula is C14H19N3. The molecule has 3 heteroatoms. The summed E-state index contributed by atoms with van der Waals surface area (Å²) in [5.41, 5.74) is 2.73. The molecule has 0 saturated heterocycles. The smallest absolute Gasteiger partial charge is 0.0489 e. The van der Waals surface area contributed by atoms with E-state index in [1.807, 2.05) is 23.1 Å². The molecule has 0 bridgehead atoms. The molecular weight excluding hydrogens is 210 g/mol. The Morgan fingerprint density at radius 1 is 1.24 bits per heavy atom. The second-order valence-electron chi connectivity index (χ2n) is 4.23. The Labute approximate surface area is 102 Å². The molecule has 3 nitrogen and oxygen atoms in total. The average molecular weight is 229 g/mol. The zero-order chi connectivity index (χ0) is 11.9. The Kier molecular flexibility index (Phi) is 4.33. The van der Waals surface area contributed by atoms with E-state index in [0.717, 1.165) is 26.1 Å². The molecule has 0 atom stereocenters. The number of benzene rings is 1. The van der Waals surface area contributed by atoms with Gasteiger partial charge in [0.1, 0.15) is 0 Å². The lowest BCUT2D eigenvalue weighted by molar-refractivity contribution is 0.543. The van der Waals surface area contributed by atoms with Gasteiger partial charge in [0.15, 0.2) is 0 Å². The van der Waals surface area contributed by atoms with Gasteiger partial charge >= 0.3 is 0 Å². The number of nitrogens with zero attached hydrogens (tertiary/aromatic N) is 2. The quantitative estimate of drug-likeness (QED) is 0.771. The summed E-state index contributed by atoms with van der Waals surface area (Å²) in [6.07, 6.45) is 4.93. The molecule has 0 amide bonds. The highest BCUT2D eigenvalue weighted by Gasteiger charge is 1.96. The van der Waals surface area contributed by atoms with Crippen LogP contribution < -0.4 is 5.32 Å². The van der Waals surface area contributed by atoms with Crippen LogP contribution in [0.3, 0.4) is 0 Å². The number of nitrogens with one attached hydrogen (secondary N) is 1. The van der Waals surface area contributed by atoms with Gasteiger partial charge in [0.05, 0.1) is 0 Å². The lowest BCUT2D eigenvalue weighted by atomic mass is 10.1. The van der Waals surface area contributed by atoms with Crippen molar-refractivity contribution in [1.29, 1.82) is 0 Å². The third kappa shape index (κ3) is 3.71. The van der Waals surface area contributed by atoms with Crippen molar-refractivity contribution in [2.75, 3.05) is 6.54 Å². The van der Waals surface area contributed by atoms with Gasteiger partial charge in [0.25, 0.3) is 0 Å². The van der Waals surface area contributed by atoms with Crippen LogP contribution in [-0.2, 0) is 13.1 Å². The number of aromatic nitrogens is 2. The first-order valence-electron chi connectivity index (χ1n) is 6.09. The fourth-order valence-electron chi connectivity index (χ4n) is 1.83. The summed E-state index contributed by atoms with van der Waals surface area (Å²) in [7, 11) is 0. The lowest BCUT2D eigenvalue weighted by Crippen LogP contribution is -2.17. The predicted molar refractivity (Wildman–Crippen MR) is 69.7 cm³/mol. The van der Waals surface area contributed by atoms with Gasteiger partial charge in [-0.3, -0.25) is 4.68 Å². The van der Waals surface area contributed by atoms with Crippen LogP contribution in [0.25, 0.3) is 0 Å². The molecule has 1 aromatic carbocycles. The van der Waals surface area contributed by atoms with Gasteiger partial charge in [-0.1, -0.05) is 24.3 Å². The molecule has 0 fully saturated rings. The van der Waals surface area contributed by atoms with Crippen molar-refractivity contribution in [3.05, 3.63) is 53.9 Å². The zero-order valence-electron chi connectivity index (χ0n) is 10.3. The van der Waals surface area contributed by atoms with E-state index in [4.69, 9.17) is 0 Å². The maximum Gasteiger partial charge on any atom is 0.0489 e. The summed E-state index contributed by atoms with van der Waals surface area (Å²) >= 11 is 0. The summed E-state index contributed by atoms with van der Waals surface area (Å²) in [6.45, 7) is 5.11. The highest BCUT2D eigenvalue weighted by atomic mass is 15.3. The molecule has 0 aliphatic heterocycles. The fourth-order valence-corrected chi connectivity index (χ4v) is 1.83. The highest BCUT2D eigenvalue weighted by molar-refractivity contribution is 5.25. The van der Waals surface area contributed by atoms with Crippen LogP contribution >= 0.6 is 0 Å². The molecule has 2 aromatic rings. The summed E-state index contributed by atoms with van der Waals surface area (Å²) in [6, 6.07) is 10.5. The lowest BCUT2D eigenvalue weighted by Gasteiger charge is -2.07. The van der Waals surface area contributed by atoms with Gasteiger partial charge in [-0.15, -0.1) is 0 Å². The second kappa shape index (κ2) is 6.21. The van der Waals surface area contributed by atoms with Crippen LogP contribution in [0.4, 0.5) is 0 Å². The molecule has 0 saturated carbocycles. The van der Waals surface area contributed by atoms with Gasteiger partial charge < -0.3 is 5.32 Å². The summed E-state index contributed by atoms with van der Waals surface area (Å²) in [5.74, 6) is 0. The van der Waals surface area contributed by atoms with Crippen LogP contribution in [0.15, 0.2) is 42.7 Å². The Hall–Kier alpha value is -1.61. The van der Waals surface area contributed by atoms with Crippen molar-refractivity contribution < 1.29 is 0 Å². The standard InChI is InChI=1S/C14H19N3/c1-13-6-2-3-7-14(13)12-15-8-4-10-17-11-5-9-16-17/h2-3,5-7,9,11,15H,4,8,10,12H2,1H3. The second-order valence-corrected chi connectivity index (χ2v) is 4.23. The van der Waals surface area contributed by atoms with Crippen molar-refractivity contribution in [3.63, 3.8) is 0 Å². The van der Waals surface area contributed by atoms with E-state index in [0.29, 0.717) is 0 Å². The minimum Gasteiger partial charge on any atom is -0.313 e. The van der Waals surface area contributed by atoms with Crippen molar-refractivity contribution in [3.8, 4) is 0 Å². The third-order valence-electron chi connectivity index (χ3n) is 2.88. The zero-order valence-corrected chi connectivity index (χ0v) is 10.3. The number of hydrogen-bond donors (Lipinski definition) is 1. The van der Waals surface area contributed by atoms with Crippen LogP contribution in [0.5, 0.6) is 0 Å². The van der Waals surface area contributed by atoms with Gasteiger partial charge in [-0.25, -0.2) is 0 Å². The average Bonchev–Trinajstić information content (AvgIpc) is 2.84. The van der Waals surface area contributed by atoms with Crippen LogP contribution in [0.1, 0.15) is 17.5 Å². The fraction of sp³-hybridized carbons (Fsp3) is 0.357. The number of aryl methyl sites for hydroxylation is 2. The molecule has 1 N–H and O–H groups in total. The van der Waals surface area contributed by atoms with E-state index in [-0.39, 0.29) is 0 Å². The van der Waals surface area contributed by atoms with E-state index < -0.39 is 0 Å². The molecule has 2 rings (SSSR count). The van der Waals surface area contributed by atoms with Crippen LogP contribution in [-0.4, -0.2) is 16.3 Å². The maximum absolute atomic E-state index is 4.18. The predicted octanol–water partition coefficient (Wildman–Crippen LogP) is 2.37. The highest BCUT2D eigenvalue weighted by Crippen LogP contribution is 2.05. The van der Waals surface area contributed by atoms with E-state index in [2.05, 4.69) is 41.6 Å². The first kappa shape index (κ1) is 11.9. The minimum atomic E-state index is 0.950. The first-order chi connectivity index (χ1) is 8.36. The Bertz CT molecular complexity index is 434. The number of hydrogen-bond acceptors (Lipinski definition) is 2. The van der Waals surface area contributed by atoms with E-state index in [9.17, 15) is 0 Å². The van der Waals surface area contributed by atoms with Gasteiger partial charge in [-0.2, -0.15) is 5.10 Å². The molecule has 0 radical (unpaired) electrons.